The molecule has 1 unspecified atom stereocenters. The van der Waals surface area contributed by atoms with Gasteiger partial charge in [0.25, 0.3) is 0 Å². The van der Waals surface area contributed by atoms with E-state index in [0.717, 1.165) is 11.0 Å². The van der Waals surface area contributed by atoms with E-state index in [1.54, 1.807) is 0 Å². The SMILES string of the molecule is CC(C1CC1)N(C)c1nc(CC(=O)O)cs1. The molecule has 0 aromatic carbocycles. The molecule has 16 heavy (non-hydrogen) atoms. The van der Waals surface area contributed by atoms with Crippen molar-refractivity contribution in [1.82, 2.24) is 4.98 Å². The summed E-state index contributed by atoms with van der Waals surface area (Å²) in [6, 6.07) is 0.504. The van der Waals surface area contributed by atoms with Gasteiger partial charge in [0.1, 0.15) is 0 Å². The number of carbonyl (C=O) groups is 1. The van der Waals surface area contributed by atoms with Crippen LogP contribution in [0.5, 0.6) is 0 Å². The highest BCUT2D eigenvalue weighted by atomic mass is 32.1. The number of rotatable bonds is 5. The molecule has 5 heteroatoms. The summed E-state index contributed by atoms with van der Waals surface area (Å²) in [5.41, 5.74) is 0.655. The third-order valence-corrected chi connectivity index (χ3v) is 4.07. The average molecular weight is 240 g/mol. The fraction of sp³-hybridized carbons (Fsp3) is 0.636. The van der Waals surface area contributed by atoms with E-state index in [9.17, 15) is 4.79 Å². The Morgan fingerprint density at radius 2 is 2.44 bits per heavy atom. The van der Waals surface area contributed by atoms with Gasteiger partial charge in [-0.2, -0.15) is 0 Å². The Labute approximate surface area is 98.9 Å². The Bertz CT molecular complexity index is 387. The molecule has 0 saturated heterocycles. The summed E-state index contributed by atoms with van der Waals surface area (Å²) in [7, 11) is 2.03. The molecule has 1 fully saturated rings. The van der Waals surface area contributed by atoms with Crippen LogP contribution in [0.4, 0.5) is 5.13 Å². The molecule has 88 valence electrons. The van der Waals surface area contributed by atoms with Crippen LogP contribution in [0.15, 0.2) is 5.38 Å². The average Bonchev–Trinajstić information content (AvgIpc) is 2.97. The van der Waals surface area contributed by atoms with Crippen LogP contribution in [-0.2, 0) is 11.2 Å². The summed E-state index contributed by atoms with van der Waals surface area (Å²) in [6.45, 7) is 2.20. The lowest BCUT2D eigenvalue weighted by atomic mass is 10.2. The molecule has 0 aliphatic heterocycles. The summed E-state index contributed by atoms with van der Waals surface area (Å²) < 4.78 is 0. The highest BCUT2D eigenvalue weighted by Gasteiger charge is 2.31. The van der Waals surface area contributed by atoms with Gasteiger partial charge < -0.3 is 10.0 Å². The summed E-state index contributed by atoms with van der Waals surface area (Å²) in [4.78, 5) is 17.1. The molecule has 0 spiro atoms. The van der Waals surface area contributed by atoms with E-state index in [-0.39, 0.29) is 6.42 Å². The van der Waals surface area contributed by atoms with Crippen molar-refractivity contribution in [1.29, 1.82) is 0 Å². The van der Waals surface area contributed by atoms with Crippen molar-refractivity contribution in [2.75, 3.05) is 11.9 Å². The van der Waals surface area contributed by atoms with Crippen LogP contribution in [0.2, 0.25) is 0 Å². The van der Waals surface area contributed by atoms with Crippen molar-refractivity contribution in [2.24, 2.45) is 5.92 Å². The standard InChI is InChI=1S/C11H16N2O2S/c1-7(8-3-4-8)13(2)11-12-9(6-16-11)5-10(14)15/h6-8H,3-5H2,1-2H3,(H,14,15). The molecular weight excluding hydrogens is 224 g/mol. The molecular formula is C11H16N2O2S. The molecule has 0 bridgehead atoms. The van der Waals surface area contributed by atoms with Gasteiger partial charge in [0, 0.05) is 18.5 Å². The molecule has 1 N–H and O–H groups in total. The van der Waals surface area contributed by atoms with Crippen molar-refractivity contribution in [2.45, 2.75) is 32.2 Å². The lowest BCUT2D eigenvalue weighted by Crippen LogP contribution is -2.30. The van der Waals surface area contributed by atoms with E-state index in [1.165, 1.54) is 24.2 Å². The second-order valence-corrected chi connectivity index (χ2v) is 5.22. The van der Waals surface area contributed by atoms with Crippen LogP contribution >= 0.6 is 11.3 Å². The van der Waals surface area contributed by atoms with Crippen LogP contribution < -0.4 is 4.90 Å². The molecule has 1 aliphatic carbocycles. The lowest BCUT2D eigenvalue weighted by Gasteiger charge is -2.23. The molecule has 1 aromatic heterocycles. The molecule has 1 aliphatic rings. The largest absolute Gasteiger partial charge is 0.481 e. The second-order valence-electron chi connectivity index (χ2n) is 4.38. The van der Waals surface area contributed by atoms with Crippen LogP contribution in [0.1, 0.15) is 25.5 Å². The smallest absolute Gasteiger partial charge is 0.309 e. The first kappa shape index (κ1) is 11.4. The molecule has 0 radical (unpaired) electrons. The minimum atomic E-state index is -0.824. The zero-order valence-electron chi connectivity index (χ0n) is 9.51. The third kappa shape index (κ3) is 2.52. The van der Waals surface area contributed by atoms with Crippen molar-refractivity contribution in [3.05, 3.63) is 11.1 Å². The van der Waals surface area contributed by atoms with E-state index >= 15 is 0 Å². The number of aromatic nitrogens is 1. The Balaban J connectivity index is 2.02. The van der Waals surface area contributed by atoms with E-state index in [2.05, 4.69) is 16.8 Å². The highest BCUT2D eigenvalue weighted by molar-refractivity contribution is 7.13. The third-order valence-electron chi connectivity index (χ3n) is 3.09. The summed E-state index contributed by atoms with van der Waals surface area (Å²) >= 11 is 1.52. The molecule has 0 amide bonds. The number of aliphatic carboxylic acids is 1. The van der Waals surface area contributed by atoms with E-state index in [4.69, 9.17) is 5.11 Å². The number of hydrogen-bond acceptors (Lipinski definition) is 4. The number of thiazole rings is 1. The van der Waals surface area contributed by atoms with Crippen molar-refractivity contribution >= 4 is 22.4 Å². The summed E-state index contributed by atoms with van der Waals surface area (Å²) in [6.07, 6.45) is 2.62. The number of hydrogen-bond donors (Lipinski definition) is 1. The fourth-order valence-corrected chi connectivity index (χ4v) is 2.64. The lowest BCUT2D eigenvalue weighted by molar-refractivity contribution is -0.136. The number of anilines is 1. The zero-order chi connectivity index (χ0) is 11.7. The molecule has 1 saturated carbocycles. The molecule has 4 nitrogen and oxygen atoms in total. The van der Waals surface area contributed by atoms with Crippen molar-refractivity contribution in [3.8, 4) is 0 Å². The van der Waals surface area contributed by atoms with Crippen molar-refractivity contribution in [3.63, 3.8) is 0 Å². The number of carboxylic acids is 1. The van der Waals surface area contributed by atoms with Crippen LogP contribution in [0, 0.1) is 5.92 Å². The maximum absolute atomic E-state index is 10.6. The van der Waals surface area contributed by atoms with E-state index in [0.29, 0.717) is 11.7 Å². The topological polar surface area (TPSA) is 53.4 Å². The van der Waals surface area contributed by atoms with Crippen molar-refractivity contribution < 1.29 is 9.90 Å². The van der Waals surface area contributed by atoms with Crippen LogP contribution in [-0.4, -0.2) is 29.1 Å². The zero-order valence-corrected chi connectivity index (χ0v) is 10.3. The Morgan fingerprint density at radius 1 is 1.75 bits per heavy atom. The van der Waals surface area contributed by atoms with E-state index < -0.39 is 5.97 Å². The van der Waals surface area contributed by atoms with Gasteiger partial charge in [0.05, 0.1) is 12.1 Å². The maximum atomic E-state index is 10.6. The Hall–Kier alpha value is -1.10. The maximum Gasteiger partial charge on any atom is 0.309 e. The van der Waals surface area contributed by atoms with Gasteiger partial charge in [-0.3, -0.25) is 4.79 Å². The normalized spacial score (nSPS) is 17.1. The summed E-state index contributed by atoms with van der Waals surface area (Å²) in [5, 5.41) is 11.4. The first-order valence-corrected chi connectivity index (χ1v) is 6.35. The monoisotopic (exact) mass is 240 g/mol. The van der Waals surface area contributed by atoms with Gasteiger partial charge in [0.15, 0.2) is 5.13 Å². The quantitative estimate of drug-likeness (QED) is 0.855. The first-order valence-electron chi connectivity index (χ1n) is 5.47. The van der Waals surface area contributed by atoms with Crippen LogP contribution in [0.3, 0.4) is 0 Å². The van der Waals surface area contributed by atoms with Gasteiger partial charge in [-0.15, -0.1) is 11.3 Å². The van der Waals surface area contributed by atoms with Gasteiger partial charge in [-0.25, -0.2) is 4.98 Å². The van der Waals surface area contributed by atoms with Gasteiger partial charge in [-0.1, -0.05) is 0 Å². The van der Waals surface area contributed by atoms with Gasteiger partial charge >= 0.3 is 5.97 Å². The molecule has 1 atom stereocenters. The Morgan fingerprint density at radius 3 is 3.00 bits per heavy atom. The minimum Gasteiger partial charge on any atom is -0.481 e. The summed E-state index contributed by atoms with van der Waals surface area (Å²) in [5.74, 6) is -0.0356. The molecule has 2 rings (SSSR count). The first-order chi connectivity index (χ1) is 7.58. The highest BCUT2D eigenvalue weighted by Crippen LogP contribution is 2.36. The molecule has 1 aromatic rings. The minimum absolute atomic E-state index is 0.0160. The van der Waals surface area contributed by atoms with Gasteiger partial charge in [-0.05, 0) is 25.7 Å². The van der Waals surface area contributed by atoms with E-state index in [1.807, 2.05) is 12.4 Å². The fourth-order valence-electron chi connectivity index (χ4n) is 1.76. The second kappa shape index (κ2) is 4.41. The molecule has 1 heterocycles. The van der Waals surface area contributed by atoms with Crippen LogP contribution in [0.25, 0.3) is 0 Å². The predicted octanol–water partition coefficient (Wildman–Crippen LogP) is 2.00. The number of nitrogens with zero attached hydrogens (tertiary/aromatic N) is 2. The van der Waals surface area contributed by atoms with Gasteiger partial charge in [0.2, 0.25) is 0 Å². The number of carboxylic acid groups (broad SMARTS) is 1. The predicted molar refractivity (Wildman–Crippen MR) is 64.0 cm³/mol. The Kier molecular flexibility index (Phi) is 3.14.